The molecule has 4 rings (SSSR count). The maximum atomic E-state index is 12.7. The van der Waals surface area contributed by atoms with E-state index in [2.05, 4.69) is 0 Å². The molecule has 0 aromatic heterocycles. The molecule has 0 radical (unpaired) electrons. The molecule has 3 saturated heterocycles. The summed E-state index contributed by atoms with van der Waals surface area (Å²) in [5.41, 5.74) is -0.279. The molecule has 33 heavy (non-hydrogen) atoms. The molecule has 0 N–H and O–H groups in total. The van der Waals surface area contributed by atoms with Crippen LogP contribution in [0.25, 0.3) is 0 Å². The predicted octanol–water partition coefficient (Wildman–Crippen LogP) is 4.21. The number of carbonyl (C=O) groups excluding carboxylic acids is 1. The van der Waals surface area contributed by atoms with Crippen LogP contribution in [0.1, 0.15) is 60.5 Å². The van der Waals surface area contributed by atoms with Gasteiger partial charge in [0.25, 0.3) is 0 Å². The summed E-state index contributed by atoms with van der Waals surface area (Å²) in [6.45, 7) is 13.9. The van der Waals surface area contributed by atoms with Gasteiger partial charge in [-0.2, -0.15) is 0 Å². The summed E-state index contributed by atoms with van der Waals surface area (Å²) >= 11 is 0. The fourth-order valence-corrected chi connectivity index (χ4v) is 4.63. The van der Waals surface area contributed by atoms with E-state index in [1.165, 1.54) is 0 Å². The second kappa shape index (κ2) is 8.82. The van der Waals surface area contributed by atoms with E-state index in [-0.39, 0.29) is 30.5 Å². The number of amides is 1. The van der Waals surface area contributed by atoms with Gasteiger partial charge in [-0.1, -0.05) is 30.3 Å². The van der Waals surface area contributed by atoms with Gasteiger partial charge in [0.1, 0.15) is 23.5 Å². The van der Waals surface area contributed by atoms with Crippen molar-refractivity contribution < 1.29 is 33.2 Å². The Morgan fingerprint density at radius 2 is 1.79 bits per heavy atom. The Labute approximate surface area is 196 Å². The van der Waals surface area contributed by atoms with E-state index < -0.39 is 23.4 Å². The van der Waals surface area contributed by atoms with Crippen molar-refractivity contribution >= 4 is 6.09 Å². The van der Waals surface area contributed by atoms with Gasteiger partial charge < -0.3 is 28.4 Å². The fourth-order valence-electron chi connectivity index (χ4n) is 4.63. The fraction of sp³-hybridized carbons (Fsp3) is 0.720. The van der Waals surface area contributed by atoms with Crippen LogP contribution in [0.15, 0.2) is 30.3 Å². The maximum Gasteiger partial charge on any atom is 0.412 e. The van der Waals surface area contributed by atoms with Crippen molar-refractivity contribution in [3.05, 3.63) is 35.9 Å². The quantitative estimate of drug-likeness (QED) is 0.647. The number of ether oxygens (including phenoxy) is 6. The summed E-state index contributed by atoms with van der Waals surface area (Å²) in [7, 11) is 0. The zero-order chi connectivity index (χ0) is 24.0. The van der Waals surface area contributed by atoms with Crippen molar-refractivity contribution in [3.63, 3.8) is 0 Å². The minimum absolute atomic E-state index is 0.229. The molecule has 0 bridgehead atoms. The Morgan fingerprint density at radius 1 is 1.09 bits per heavy atom. The van der Waals surface area contributed by atoms with Crippen molar-refractivity contribution in [3.8, 4) is 0 Å². The third-order valence-electron chi connectivity index (χ3n) is 5.97. The third kappa shape index (κ3) is 5.69. The van der Waals surface area contributed by atoms with Crippen LogP contribution >= 0.6 is 0 Å². The third-order valence-corrected chi connectivity index (χ3v) is 5.97. The largest absolute Gasteiger partial charge is 0.444 e. The molecule has 3 aliphatic rings. The first-order chi connectivity index (χ1) is 15.3. The molecule has 5 atom stereocenters. The average molecular weight is 464 g/mol. The van der Waals surface area contributed by atoms with Gasteiger partial charge in [0, 0.05) is 6.42 Å². The van der Waals surface area contributed by atoms with Gasteiger partial charge in [0.2, 0.25) is 0 Å². The first-order valence-corrected chi connectivity index (χ1v) is 11.7. The normalized spacial score (nSPS) is 32.7. The Morgan fingerprint density at radius 3 is 2.45 bits per heavy atom. The van der Waals surface area contributed by atoms with E-state index in [9.17, 15) is 4.79 Å². The molecule has 0 aliphatic carbocycles. The minimum Gasteiger partial charge on any atom is -0.444 e. The monoisotopic (exact) mass is 463 g/mol. The first-order valence-electron chi connectivity index (χ1n) is 11.7. The molecule has 3 heterocycles. The molecule has 1 amide bonds. The van der Waals surface area contributed by atoms with Crippen LogP contribution < -0.4 is 0 Å². The van der Waals surface area contributed by atoms with Crippen LogP contribution in [0.2, 0.25) is 0 Å². The Balaban J connectivity index is 1.44. The lowest BCUT2D eigenvalue weighted by molar-refractivity contribution is -0.222. The molecular formula is C25H37NO7. The van der Waals surface area contributed by atoms with Crippen LogP contribution in [0.4, 0.5) is 4.79 Å². The summed E-state index contributed by atoms with van der Waals surface area (Å²) < 4.78 is 36.5. The second-order valence-electron chi connectivity index (χ2n) is 10.9. The number of hydrogen-bond acceptors (Lipinski definition) is 7. The number of rotatable bonds is 5. The molecule has 1 aromatic rings. The van der Waals surface area contributed by atoms with Gasteiger partial charge in [-0.3, -0.25) is 4.90 Å². The number of fused-ring (bicyclic) bond motifs is 1. The van der Waals surface area contributed by atoms with Crippen molar-refractivity contribution in [1.29, 1.82) is 0 Å². The van der Waals surface area contributed by atoms with E-state index in [1.807, 2.05) is 78.8 Å². The highest BCUT2D eigenvalue weighted by Crippen LogP contribution is 2.41. The van der Waals surface area contributed by atoms with E-state index in [0.29, 0.717) is 19.6 Å². The molecular weight excluding hydrogens is 426 g/mol. The highest BCUT2D eigenvalue weighted by Gasteiger charge is 2.56. The minimum atomic E-state index is -0.781. The summed E-state index contributed by atoms with van der Waals surface area (Å²) in [5.74, 6) is -0.728. The molecule has 3 fully saturated rings. The number of benzene rings is 1. The first kappa shape index (κ1) is 24.4. The lowest BCUT2D eigenvalue weighted by Crippen LogP contribution is -2.46. The van der Waals surface area contributed by atoms with Crippen LogP contribution in [0.5, 0.6) is 0 Å². The van der Waals surface area contributed by atoms with Crippen molar-refractivity contribution in [2.45, 2.75) is 109 Å². The standard InChI is InChI=1S/C25H37NO7/c1-23(2,3)33-22(27)26-14-17(30-24(26,4)5)13-18-19(28-15-16-11-9-8-10-12-16)20-21(29-18)32-25(6,7)31-20/h8-12,17-21H,13-15H2,1-7H3/t17-,18?,19-,20+,21+/m0/s1. The van der Waals surface area contributed by atoms with E-state index in [4.69, 9.17) is 28.4 Å². The van der Waals surface area contributed by atoms with Gasteiger partial charge >= 0.3 is 6.09 Å². The van der Waals surface area contributed by atoms with E-state index in [1.54, 1.807) is 4.90 Å². The molecule has 0 saturated carbocycles. The molecule has 1 unspecified atom stereocenters. The molecule has 1 aromatic carbocycles. The molecule has 8 nitrogen and oxygen atoms in total. The summed E-state index contributed by atoms with van der Waals surface area (Å²) in [4.78, 5) is 14.4. The summed E-state index contributed by atoms with van der Waals surface area (Å²) in [6.07, 6.45) is -1.51. The Bertz CT molecular complexity index is 835. The van der Waals surface area contributed by atoms with Crippen LogP contribution in [-0.2, 0) is 35.0 Å². The lowest BCUT2D eigenvalue weighted by Gasteiger charge is -2.31. The zero-order valence-electron chi connectivity index (χ0n) is 20.7. The lowest BCUT2D eigenvalue weighted by atomic mass is 10.0. The van der Waals surface area contributed by atoms with Crippen LogP contribution in [-0.4, -0.2) is 65.4 Å². The highest BCUT2D eigenvalue weighted by atomic mass is 16.8. The number of carbonyl (C=O) groups is 1. The van der Waals surface area contributed by atoms with Gasteiger partial charge in [0.15, 0.2) is 12.1 Å². The topological polar surface area (TPSA) is 75.7 Å². The summed E-state index contributed by atoms with van der Waals surface area (Å²) in [5, 5.41) is 0. The number of hydrogen-bond donors (Lipinski definition) is 0. The van der Waals surface area contributed by atoms with Crippen LogP contribution in [0, 0.1) is 0 Å². The average Bonchev–Trinajstić information content (AvgIpc) is 3.26. The van der Waals surface area contributed by atoms with Gasteiger partial charge in [-0.05, 0) is 54.0 Å². The smallest absolute Gasteiger partial charge is 0.412 e. The van der Waals surface area contributed by atoms with Crippen LogP contribution in [0.3, 0.4) is 0 Å². The number of nitrogens with zero attached hydrogens (tertiary/aromatic N) is 1. The van der Waals surface area contributed by atoms with Crippen molar-refractivity contribution in [2.24, 2.45) is 0 Å². The molecule has 184 valence electrons. The highest BCUT2D eigenvalue weighted by molar-refractivity contribution is 5.69. The van der Waals surface area contributed by atoms with Gasteiger partial charge in [0.05, 0.1) is 25.4 Å². The van der Waals surface area contributed by atoms with Crippen molar-refractivity contribution in [1.82, 2.24) is 4.90 Å². The second-order valence-corrected chi connectivity index (χ2v) is 10.9. The Hall–Kier alpha value is -1.71. The summed E-state index contributed by atoms with van der Waals surface area (Å²) in [6, 6.07) is 10.0. The van der Waals surface area contributed by atoms with Gasteiger partial charge in [-0.15, -0.1) is 0 Å². The van der Waals surface area contributed by atoms with Gasteiger partial charge in [-0.25, -0.2) is 4.79 Å². The SMILES string of the molecule is CC(C)(C)OC(=O)N1C[C@H](CC2O[C@@H]3OC(C)(C)O[C@@H]3[C@H]2OCc2ccccc2)OC1(C)C. The molecule has 3 aliphatic heterocycles. The van der Waals surface area contributed by atoms with Crippen molar-refractivity contribution in [2.75, 3.05) is 6.54 Å². The van der Waals surface area contributed by atoms with E-state index >= 15 is 0 Å². The maximum absolute atomic E-state index is 12.7. The zero-order valence-corrected chi connectivity index (χ0v) is 20.7. The predicted molar refractivity (Wildman–Crippen MR) is 120 cm³/mol. The van der Waals surface area contributed by atoms with E-state index in [0.717, 1.165) is 5.56 Å². The Kier molecular flexibility index (Phi) is 6.52. The molecule has 0 spiro atoms. The molecule has 8 heteroatoms.